The minimum atomic E-state index is 0.183. The quantitative estimate of drug-likeness (QED) is 0.845. The average molecular weight is 246 g/mol. The molecule has 1 atom stereocenters. The van der Waals surface area contributed by atoms with Gasteiger partial charge in [0.15, 0.2) is 0 Å². The highest BCUT2D eigenvalue weighted by Crippen LogP contribution is 2.20. The summed E-state index contributed by atoms with van der Waals surface area (Å²) in [6.07, 6.45) is 4.39. The van der Waals surface area contributed by atoms with Crippen molar-refractivity contribution < 1.29 is 4.42 Å². The minimum Gasteiger partial charge on any atom is -0.461 e. The van der Waals surface area contributed by atoms with Gasteiger partial charge in [-0.2, -0.15) is 0 Å². The molecule has 0 bridgehead atoms. The van der Waals surface area contributed by atoms with E-state index in [-0.39, 0.29) is 6.04 Å². The van der Waals surface area contributed by atoms with E-state index in [1.165, 1.54) is 0 Å². The minimum absolute atomic E-state index is 0.183. The van der Waals surface area contributed by atoms with Gasteiger partial charge in [0.1, 0.15) is 11.5 Å². The smallest absolute Gasteiger partial charge is 0.222 e. The van der Waals surface area contributed by atoms with Crippen LogP contribution in [0.2, 0.25) is 0 Å². The zero-order chi connectivity index (χ0) is 13.0. The maximum absolute atomic E-state index is 5.67. The molecule has 0 amide bonds. The van der Waals surface area contributed by atoms with E-state index in [0.717, 1.165) is 30.0 Å². The summed E-state index contributed by atoms with van der Waals surface area (Å²) in [4.78, 5) is 8.48. The molecular formula is C13H18N4O. The van der Waals surface area contributed by atoms with E-state index in [9.17, 15) is 0 Å². The maximum atomic E-state index is 5.67. The lowest BCUT2D eigenvalue weighted by Gasteiger charge is -2.06. The first-order valence-electron chi connectivity index (χ1n) is 6.03. The van der Waals surface area contributed by atoms with Gasteiger partial charge in [-0.15, -0.1) is 0 Å². The molecule has 5 nitrogen and oxygen atoms in total. The Hall–Kier alpha value is -1.88. The van der Waals surface area contributed by atoms with Crippen molar-refractivity contribution in [1.82, 2.24) is 9.97 Å². The summed E-state index contributed by atoms with van der Waals surface area (Å²) in [6.45, 7) is 4.66. The van der Waals surface area contributed by atoms with Crippen LogP contribution in [0.1, 0.15) is 19.1 Å². The van der Waals surface area contributed by atoms with Crippen LogP contribution in [-0.2, 0) is 0 Å². The molecule has 96 valence electrons. The molecule has 1 unspecified atom stereocenters. The molecule has 0 aliphatic carbocycles. The molecule has 2 rings (SSSR count). The second-order valence-corrected chi connectivity index (χ2v) is 4.40. The van der Waals surface area contributed by atoms with Crippen molar-refractivity contribution in [3.8, 4) is 11.3 Å². The van der Waals surface area contributed by atoms with Gasteiger partial charge >= 0.3 is 0 Å². The van der Waals surface area contributed by atoms with Gasteiger partial charge in [0.2, 0.25) is 5.95 Å². The fourth-order valence-corrected chi connectivity index (χ4v) is 1.55. The van der Waals surface area contributed by atoms with Crippen LogP contribution in [0.5, 0.6) is 0 Å². The first-order chi connectivity index (χ1) is 8.65. The van der Waals surface area contributed by atoms with Crippen molar-refractivity contribution in [2.45, 2.75) is 26.3 Å². The standard InChI is InChI=1S/C13H18N4O/c1-9(14)5-6-15-13-16-7-11(8-17-13)12-4-3-10(2)18-12/h3-4,7-9H,5-6,14H2,1-2H3,(H,15,16,17). The van der Waals surface area contributed by atoms with E-state index in [0.29, 0.717) is 5.95 Å². The van der Waals surface area contributed by atoms with Gasteiger partial charge in [0.05, 0.1) is 5.56 Å². The highest BCUT2D eigenvalue weighted by molar-refractivity contribution is 5.55. The summed E-state index contributed by atoms with van der Waals surface area (Å²) in [5.74, 6) is 2.28. The van der Waals surface area contributed by atoms with Crippen LogP contribution in [-0.4, -0.2) is 22.6 Å². The van der Waals surface area contributed by atoms with E-state index in [1.807, 2.05) is 26.0 Å². The SMILES string of the molecule is Cc1ccc(-c2cnc(NCCC(C)N)nc2)o1. The Morgan fingerprint density at radius 1 is 1.33 bits per heavy atom. The third-order valence-corrected chi connectivity index (χ3v) is 2.56. The molecule has 3 N–H and O–H groups in total. The summed E-state index contributed by atoms with van der Waals surface area (Å²) < 4.78 is 5.51. The Morgan fingerprint density at radius 3 is 2.61 bits per heavy atom. The number of furan rings is 1. The topological polar surface area (TPSA) is 77.0 Å². The van der Waals surface area contributed by atoms with Crippen molar-refractivity contribution in [3.05, 3.63) is 30.3 Å². The summed E-state index contributed by atoms with van der Waals surface area (Å²) >= 11 is 0. The summed E-state index contributed by atoms with van der Waals surface area (Å²) in [7, 11) is 0. The van der Waals surface area contributed by atoms with Crippen molar-refractivity contribution >= 4 is 5.95 Å². The van der Waals surface area contributed by atoms with Gasteiger partial charge in [-0.25, -0.2) is 9.97 Å². The number of nitrogens with two attached hydrogens (primary N) is 1. The number of aryl methyl sites for hydroxylation is 1. The number of nitrogens with one attached hydrogen (secondary N) is 1. The maximum Gasteiger partial charge on any atom is 0.222 e. The fourth-order valence-electron chi connectivity index (χ4n) is 1.55. The lowest BCUT2D eigenvalue weighted by Crippen LogP contribution is -2.19. The van der Waals surface area contributed by atoms with Crippen molar-refractivity contribution in [2.75, 3.05) is 11.9 Å². The molecular weight excluding hydrogens is 228 g/mol. The Bertz CT molecular complexity index is 490. The van der Waals surface area contributed by atoms with Crippen LogP contribution in [0.4, 0.5) is 5.95 Å². The molecule has 0 saturated carbocycles. The van der Waals surface area contributed by atoms with Gasteiger partial charge in [-0.3, -0.25) is 0 Å². The third kappa shape index (κ3) is 3.30. The summed E-state index contributed by atoms with van der Waals surface area (Å²) in [6, 6.07) is 4.02. The molecule has 2 heterocycles. The number of nitrogens with zero attached hydrogens (tertiary/aromatic N) is 2. The normalized spacial score (nSPS) is 12.4. The van der Waals surface area contributed by atoms with E-state index < -0.39 is 0 Å². The molecule has 18 heavy (non-hydrogen) atoms. The van der Waals surface area contributed by atoms with Crippen LogP contribution in [0.3, 0.4) is 0 Å². The summed E-state index contributed by atoms with van der Waals surface area (Å²) in [5.41, 5.74) is 6.54. The van der Waals surface area contributed by atoms with Crippen LogP contribution in [0, 0.1) is 6.92 Å². The van der Waals surface area contributed by atoms with Crippen molar-refractivity contribution in [3.63, 3.8) is 0 Å². The van der Waals surface area contributed by atoms with Crippen LogP contribution in [0.15, 0.2) is 28.9 Å². The molecule has 0 aliphatic rings. The number of hydrogen-bond donors (Lipinski definition) is 2. The Balaban J connectivity index is 1.97. The largest absolute Gasteiger partial charge is 0.461 e. The second-order valence-electron chi connectivity index (χ2n) is 4.40. The van der Waals surface area contributed by atoms with Crippen molar-refractivity contribution in [1.29, 1.82) is 0 Å². The van der Waals surface area contributed by atoms with E-state index in [4.69, 9.17) is 10.2 Å². The fraction of sp³-hybridized carbons (Fsp3) is 0.385. The Kier molecular flexibility index (Phi) is 3.94. The molecule has 2 aromatic heterocycles. The first-order valence-corrected chi connectivity index (χ1v) is 6.03. The van der Waals surface area contributed by atoms with Gasteiger partial charge in [0, 0.05) is 25.0 Å². The Labute approximate surface area is 106 Å². The lowest BCUT2D eigenvalue weighted by molar-refractivity contribution is 0.548. The third-order valence-electron chi connectivity index (χ3n) is 2.56. The molecule has 0 aromatic carbocycles. The monoisotopic (exact) mass is 246 g/mol. The number of rotatable bonds is 5. The highest BCUT2D eigenvalue weighted by Gasteiger charge is 2.04. The average Bonchev–Trinajstić information content (AvgIpc) is 2.76. The zero-order valence-corrected chi connectivity index (χ0v) is 10.7. The molecule has 0 radical (unpaired) electrons. The van der Waals surface area contributed by atoms with Crippen LogP contribution < -0.4 is 11.1 Å². The predicted octanol–water partition coefficient (Wildman–Crippen LogP) is 2.19. The molecule has 2 aromatic rings. The second kappa shape index (κ2) is 5.64. The molecule has 0 aliphatic heterocycles. The zero-order valence-electron chi connectivity index (χ0n) is 10.7. The van der Waals surface area contributed by atoms with Crippen molar-refractivity contribution in [2.24, 2.45) is 5.73 Å². The number of anilines is 1. The molecule has 0 fully saturated rings. The van der Waals surface area contributed by atoms with E-state index >= 15 is 0 Å². The lowest BCUT2D eigenvalue weighted by atomic mass is 10.2. The summed E-state index contributed by atoms with van der Waals surface area (Å²) in [5, 5.41) is 3.13. The Morgan fingerprint density at radius 2 is 2.06 bits per heavy atom. The number of hydrogen-bond acceptors (Lipinski definition) is 5. The van der Waals surface area contributed by atoms with E-state index in [2.05, 4.69) is 15.3 Å². The molecule has 0 spiro atoms. The van der Waals surface area contributed by atoms with Crippen LogP contribution >= 0.6 is 0 Å². The predicted molar refractivity (Wildman–Crippen MR) is 71.2 cm³/mol. The molecule has 0 saturated heterocycles. The van der Waals surface area contributed by atoms with Gasteiger partial charge in [-0.1, -0.05) is 0 Å². The van der Waals surface area contributed by atoms with Crippen LogP contribution in [0.25, 0.3) is 11.3 Å². The highest BCUT2D eigenvalue weighted by atomic mass is 16.3. The molecule has 5 heteroatoms. The first kappa shape index (κ1) is 12.6. The number of aromatic nitrogens is 2. The van der Waals surface area contributed by atoms with E-state index in [1.54, 1.807) is 12.4 Å². The van der Waals surface area contributed by atoms with Gasteiger partial charge in [-0.05, 0) is 32.4 Å². The van der Waals surface area contributed by atoms with Gasteiger partial charge in [0.25, 0.3) is 0 Å². The van der Waals surface area contributed by atoms with Gasteiger partial charge < -0.3 is 15.5 Å².